The van der Waals surface area contributed by atoms with Gasteiger partial charge in [0.15, 0.2) is 0 Å². The molecule has 0 aromatic carbocycles. The highest BCUT2D eigenvalue weighted by Crippen LogP contribution is 2.17. The lowest BCUT2D eigenvalue weighted by Crippen LogP contribution is -2.15. The number of carbonyl (C=O) groups is 1. The standard InChI is InChI=1S/C9H14N2O2/c1-3-7(9(12)13)8-10-5-6-11(8)4-2/h5-7H,3-4H2,1-2H3,(H,12,13). The molecule has 0 aliphatic heterocycles. The summed E-state index contributed by atoms with van der Waals surface area (Å²) in [5, 5.41) is 8.91. The van der Waals surface area contributed by atoms with Gasteiger partial charge in [0.1, 0.15) is 11.7 Å². The van der Waals surface area contributed by atoms with Crippen LogP contribution in [0.5, 0.6) is 0 Å². The van der Waals surface area contributed by atoms with Crippen molar-refractivity contribution in [3.63, 3.8) is 0 Å². The lowest BCUT2D eigenvalue weighted by molar-refractivity contribution is -0.139. The molecule has 72 valence electrons. The van der Waals surface area contributed by atoms with Gasteiger partial charge in [0.2, 0.25) is 0 Å². The molecule has 0 amide bonds. The number of aromatic nitrogens is 2. The first-order valence-electron chi connectivity index (χ1n) is 4.44. The van der Waals surface area contributed by atoms with Crippen LogP contribution in [-0.4, -0.2) is 20.6 Å². The third-order valence-electron chi connectivity index (χ3n) is 2.11. The number of carboxylic acid groups (broad SMARTS) is 1. The summed E-state index contributed by atoms with van der Waals surface area (Å²) in [4.78, 5) is 14.9. The van der Waals surface area contributed by atoms with E-state index in [1.54, 1.807) is 12.4 Å². The van der Waals surface area contributed by atoms with E-state index in [-0.39, 0.29) is 0 Å². The molecule has 1 heterocycles. The summed E-state index contributed by atoms with van der Waals surface area (Å²) in [6.45, 7) is 4.59. The SMILES string of the molecule is CCC(C(=O)O)c1nccn1CC. The van der Waals surface area contributed by atoms with Crippen LogP contribution >= 0.6 is 0 Å². The third-order valence-corrected chi connectivity index (χ3v) is 2.11. The fraction of sp³-hybridized carbons (Fsp3) is 0.556. The Hall–Kier alpha value is -1.32. The Morgan fingerprint density at radius 2 is 2.38 bits per heavy atom. The molecule has 0 saturated heterocycles. The average Bonchev–Trinajstić information content (AvgIpc) is 2.53. The second-order valence-corrected chi connectivity index (χ2v) is 2.87. The Morgan fingerprint density at radius 3 is 2.85 bits per heavy atom. The van der Waals surface area contributed by atoms with Crippen LogP contribution in [-0.2, 0) is 11.3 Å². The van der Waals surface area contributed by atoms with Crippen molar-refractivity contribution in [1.29, 1.82) is 0 Å². The van der Waals surface area contributed by atoms with Crippen LogP contribution in [0.4, 0.5) is 0 Å². The summed E-state index contributed by atoms with van der Waals surface area (Å²) in [5.41, 5.74) is 0. The molecule has 1 rings (SSSR count). The predicted octanol–water partition coefficient (Wildman–Crippen LogP) is 1.48. The van der Waals surface area contributed by atoms with Crippen LogP contribution in [0.3, 0.4) is 0 Å². The molecule has 0 bridgehead atoms. The van der Waals surface area contributed by atoms with Crippen molar-refractivity contribution >= 4 is 5.97 Å². The van der Waals surface area contributed by atoms with Gasteiger partial charge in [-0.05, 0) is 13.3 Å². The third kappa shape index (κ3) is 1.88. The molecule has 0 fully saturated rings. The zero-order valence-electron chi connectivity index (χ0n) is 7.90. The van der Waals surface area contributed by atoms with Crippen LogP contribution in [0, 0.1) is 0 Å². The van der Waals surface area contributed by atoms with Crippen LogP contribution in [0.15, 0.2) is 12.4 Å². The Bertz CT molecular complexity index is 294. The molecule has 1 aromatic heterocycles. The predicted molar refractivity (Wildman–Crippen MR) is 48.6 cm³/mol. The first kappa shape index (κ1) is 9.77. The molecule has 1 aromatic rings. The minimum atomic E-state index is -0.802. The highest BCUT2D eigenvalue weighted by Gasteiger charge is 2.21. The summed E-state index contributed by atoms with van der Waals surface area (Å²) < 4.78 is 1.86. The quantitative estimate of drug-likeness (QED) is 0.767. The summed E-state index contributed by atoms with van der Waals surface area (Å²) in [5.74, 6) is -0.629. The molecule has 0 aliphatic rings. The molecular formula is C9H14N2O2. The molecule has 4 nitrogen and oxygen atoms in total. The number of nitrogens with zero attached hydrogens (tertiary/aromatic N) is 2. The van der Waals surface area contributed by atoms with E-state index in [1.807, 2.05) is 18.4 Å². The number of hydrogen-bond acceptors (Lipinski definition) is 2. The number of aliphatic carboxylic acids is 1. The molecular weight excluding hydrogens is 168 g/mol. The topological polar surface area (TPSA) is 55.1 Å². The van der Waals surface area contributed by atoms with E-state index in [1.165, 1.54) is 0 Å². The highest BCUT2D eigenvalue weighted by atomic mass is 16.4. The van der Waals surface area contributed by atoms with Crippen molar-refractivity contribution in [1.82, 2.24) is 9.55 Å². The molecule has 0 spiro atoms. The molecule has 1 N–H and O–H groups in total. The van der Waals surface area contributed by atoms with E-state index in [0.29, 0.717) is 12.2 Å². The van der Waals surface area contributed by atoms with E-state index in [2.05, 4.69) is 4.98 Å². The molecule has 0 radical (unpaired) electrons. The largest absolute Gasteiger partial charge is 0.481 e. The first-order chi connectivity index (χ1) is 6.20. The Labute approximate surface area is 77.2 Å². The van der Waals surface area contributed by atoms with E-state index >= 15 is 0 Å². The molecule has 4 heteroatoms. The maximum Gasteiger partial charge on any atom is 0.314 e. The Balaban J connectivity index is 2.96. The van der Waals surface area contributed by atoms with Crippen molar-refractivity contribution in [3.05, 3.63) is 18.2 Å². The molecule has 13 heavy (non-hydrogen) atoms. The maximum atomic E-state index is 10.8. The molecule has 0 saturated carbocycles. The average molecular weight is 182 g/mol. The van der Waals surface area contributed by atoms with E-state index in [9.17, 15) is 4.79 Å². The van der Waals surface area contributed by atoms with Gasteiger partial charge in [-0.2, -0.15) is 0 Å². The number of imidazole rings is 1. The number of aryl methyl sites for hydroxylation is 1. The minimum absolute atomic E-state index is 0.477. The summed E-state index contributed by atoms with van der Waals surface area (Å²) >= 11 is 0. The smallest absolute Gasteiger partial charge is 0.314 e. The first-order valence-corrected chi connectivity index (χ1v) is 4.44. The van der Waals surface area contributed by atoms with Crippen molar-refractivity contribution < 1.29 is 9.90 Å². The van der Waals surface area contributed by atoms with Gasteiger partial charge in [-0.3, -0.25) is 4.79 Å². The molecule has 1 atom stereocenters. The lowest BCUT2D eigenvalue weighted by Gasteiger charge is -2.10. The number of rotatable bonds is 4. The normalized spacial score (nSPS) is 12.8. The van der Waals surface area contributed by atoms with Crippen molar-refractivity contribution in [2.45, 2.75) is 32.7 Å². The lowest BCUT2D eigenvalue weighted by atomic mass is 10.1. The highest BCUT2D eigenvalue weighted by molar-refractivity contribution is 5.74. The van der Waals surface area contributed by atoms with Gasteiger partial charge in [0.25, 0.3) is 0 Å². The monoisotopic (exact) mass is 182 g/mol. The molecule has 1 unspecified atom stereocenters. The van der Waals surface area contributed by atoms with Crippen LogP contribution in [0.25, 0.3) is 0 Å². The Kier molecular flexibility index (Phi) is 3.06. The van der Waals surface area contributed by atoms with Crippen LogP contribution in [0.1, 0.15) is 32.0 Å². The fourth-order valence-electron chi connectivity index (χ4n) is 1.37. The zero-order chi connectivity index (χ0) is 9.84. The van der Waals surface area contributed by atoms with Gasteiger partial charge < -0.3 is 9.67 Å². The van der Waals surface area contributed by atoms with Crippen molar-refractivity contribution in [2.75, 3.05) is 0 Å². The zero-order valence-corrected chi connectivity index (χ0v) is 7.90. The van der Waals surface area contributed by atoms with Gasteiger partial charge in [-0.25, -0.2) is 4.98 Å². The van der Waals surface area contributed by atoms with Gasteiger partial charge in [-0.1, -0.05) is 6.92 Å². The Morgan fingerprint density at radius 1 is 1.69 bits per heavy atom. The van der Waals surface area contributed by atoms with E-state index in [0.717, 1.165) is 6.54 Å². The van der Waals surface area contributed by atoms with E-state index < -0.39 is 11.9 Å². The summed E-state index contributed by atoms with van der Waals surface area (Å²) in [6, 6.07) is 0. The van der Waals surface area contributed by atoms with Crippen molar-refractivity contribution in [3.8, 4) is 0 Å². The number of hydrogen-bond donors (Lipinski definition) is 1. The number of carboxylic acids is 1. The van der Waals surface area contributed by atoms with Gasteiger partial charge in [0.05, 0.1) is 0 Å². The second kappa shape index (κ2) is 4.07. The summed E-state index contributed by atoms with van der Waals surface area (Å²) in [7, 11) is 0. The minimum Gasteiger partial charge on any atom is -0.481 e. The fourth-order valence-corrected chi connectivity index (χ4v) is 1.37. The van der Waals surface area contributed by atoms with E-state index in [4.69, 9.17) is 5.11 Å². The van der Waals surface area contributed by atoms with Gasteiger partial charge in [-0.15, -0.1) is 0 Å². The van der Waals surface area contributed by atoms with Gasteiger partial charge >= 0.3 is 5.97 Å². The maximum absolute atomic E-state index is 10.8. The van der Waals surface area contributed by atoms with Gasteiger partial charge in [0, 0.05) is 18.9 Å². The second-order valence-electron chi connectivity index (χ2n) is 2.87. The summed E-state index contributed by atoms with van der Waals surface area (Å²) in [6.07, 6.45) is 4.03. The van der Waals surface area contributed by atoms with Crippen molar-refractivity contribution in [2.24, 2.45) is 0 Å². The van der Waals surface area contributed by atoms with Crippen LogP contribution in [0.2, 0.25) is 0 Å². The van der Waals surface area contributed by atoms with Crippen LogP contribution < -0.4 is 0 Å². The molecule has 0 aliphatic carbocycles.